The van der Waals surface area contributed by atoms with Crippen LogP contribution in [0, 0.1) is 0 Å². The Labute approximate surface area is 96.2 Å². The third-order valence-electron chi connectivity index (χ3n) is 2.23. The molecule has 0 spiro atoms. The topological polar surface area (TPSA) is 66.4 Å². The van der Waals surface area contributed by atoms with Crippen LogP contribution in [0.3, 0.4) is 0 Å². The van der Waals surface area contributed by atoms with Crippen molar-refractivity contribution in [2.24, 2.45) is 0 Å². The van der Waals surface area contributed by atoms with Crippen LogP contribution >= 0.6 is 0 Å². The van der Waals surface area contributed by atoms with Crippen LogP contribution < -0.4 is 5.32 Å². The molecule has 0 aliphatic rings. The molecule has 1 aromatic carbocycles. The molecule has 0 aliphatic heterocycles. The number of rotatable bonds is 6. The van der Waals surface area contributed by atoms with Gasteiger partial charge >= 0.3 is 0 Å². The highest BCUT2D eigenvalue weighted by Crippen LogP contribution is 2.10. The molecule has 0 atom stereocenters. The number of aliphatic hydroxyl groups is 1. The molecule has 0 radical (unpaired) electrons. The van der Waals surface area contributed by atoms with Crippen LogP contribution in [0.1, 0.15) is 5.56 Å². The first kappa shape index (κ1) is 13.2. The highest BCUT2D eigenvalue weighted by molar-refractivity contribution is 7.90. The monoisotopic (exact) mass is 243 g/mol. The quantitative estimate of drug-likeness (QED) is 0.701. The fourth-order valence-corrected chi connectivity index (χ4v) is 1.97. The minimum Gasteiger partial charge on any atom is -0.395 e. The van der Waals surface area contributed by atoms with E-state index in [2.05, 4.69) is 5.32 Å². The molecular weight excluding hydrogens is 226 g/mol. The predicted octanol–water partition coefficient (Wildman–Crippen LogP) is 0.215. The van der Waals surface area contributed by atoms with Crippen molar-refractivity contribution in [3.63, 3.8) is 0 Å². The van der Waals surface area contributed by atoms with Crippen LogP contribution in [0.25, 0.3) is 0 Å². The zero-order valence-corrected chi connectivity index (χ0v) is 10.1. The molecule has 4 nitrogen and oxygen atoms in total. The van der Waals surface area contributed by atoms with Crippen molar-refractivity contribution >= 4 is 9.84 Å². The zero-order chi connectivity index (χ0) is 12.0. The Hall–Kier alpha value is -0.910. The molecule has 0 heterocycles. The maximum atomic E-state index is 11.2. The molecule has 5 heteroatoms. The molecule has 0 saturated carbocycles. The van der Waals surface area contributed by atoms with Crippen molar-refractivity contribution in [1.29, 1.82) is 0 Å². The lowest BCUT2D eigenvalue weighted by Gasteiger charge is -2.04. The van der Waals surface area contributed by atoms with E-state index in [0.717, 1.165) is 18.5 Å². The van der Waals surface area contributed by atoms with Crippen molar-refractivity contribution in [2.75, 3.05) is 26.0 Å². The van der Waals surface area contributed by atoms with Gasteiger partial charge in [-0.2, -0.15) is 0 Å². The molecule has 0 fully saturated rings. The van der Waals surface area contributed by atoms with Gasteiger partial charge in [-0.15, -0.1) is 0 Å². The second-order valence-electron chi connectivity index (χ2n) is 3.64. The molecule has 0 saturated heterocycles. The molecule has 0 aromatic heterocycles. The molecule has 0 bridgehead atoms. The molecule has 2 N–H and O–H groups in total. The van der Waals surface area contributed by atoms with Gasteiger partial charge in [0, 0.05) is 12.8 Å². The highest BCUT2D eigenvalue weighted by atomic mass is 32.2. The van der Waals surface area contributed by atoms with Crippen LogP contribution in [-0.4, -0.2) is 39.5 Å². The van der Waals surface area contributed by atoms with Gasteiger partial charge in [-0.25, -0.2) is 8.42 Å². The van der Waals surface area contributed by atoms with E-state index in [0.29, 0.717) is 11.4 Å². The van der Waals surface area contributed by atoms with Gasteiger partial charge in [0.05, 0.1) is 11.5 Å². The van der Waals surface area contributed by atoms with Crippen LogP contribution in [0.5, 0.6) is 0 Å². The molecule has 0 amide bonds. The van der Waals surface area contributed by atoms with E-state index >= 15 is 0 Å². The smallest absolute Gasteiger partial charge is 0.175 e. The summed E-state index contributed by atoms with van der Waals surface area (Å²) >= 11 is 0. The summed E-state index contributed by atoms with van der Waals surface area (Å²) < 4.78 is 22.4. The predicted molar refractivity (Wildman–Crippen MR) is 63.2 cm³/mol. The van der Waals surface area contributed by atoms with Crippen LogP contribution in [0.4, 0.5) is 0 Å². The number of aliphatic hydroxyl groups excluding tert-OH is 1. The van der Waals surface area contributed by atoms with Gasteiger partial charge in [-0.1, -0.05) is 12.1 Å². The largest absolute Gasteiger partial charge is 0.395 e. The summed E-state index contributed by atoms with van der Waals surface area (Å²) in [6.45, 7) is 1.49. The first-order chi connectivity index (χ1) is 7.54. The van der Waals surface area contributed by atoms with Crippen molar-refractivity contribution in [1.82, 2.24) is 5.32 Å². The van der Waals surface area contributed by atoms with E-state index < -0.39 is 9.84 Å². The summed E-state index contributed by atoms with van der Waals surface area (Å²) in [4.78, 5) is 0.347. The second kappa shape index (κ2) is 5.98. The van der Waals surface area contributed by atoms with Gasteiger partial charge in [0.25, 0.3) is 0 Å². The number of benzene rings is 1. The average Bonchev–Trinajstić information content (AvgIpc) is 2.24. The van der Waals surface area contributed by atoms with Crippen LogP contribution in [-0.2, 0) is 16.3 Å². The van der Waals surface area contributed by atoms with Crippen LogP contribution in [0.2, 0.25) is 0 Å². The summed E-state index contributed by atoms with van der Waals surface area (Å²) in [7, 11) is -3.10. The van der Waals surface area contributed by atoms with Crippen LogP contribution in [0.15, 0.2) is 29.2 Å². The Bertz CT molecular complexity index is 411. The molecule has 1 aromatic rings. The van der Waals surface area contributed by atoms with E-state index in [9.17, 15) is 8.42 Å². The molecule has 90 valence electrons. The molecule has 16 heavy (non-hydrogen) atoms. The Balaban J connectivity index is 2.52. The maximum Gasteiger partial charge on any atom is 0.175 e. The van der Waals surface area contributed by atoms with Crippen molar-refractivity contribution in [3.05, 3.63) is 29.8 Å². The fourth-order valence-electron chi connectivity index (χ4n) is 1.34. The maximum absolute atomic E-state index is 11.2. The van der Waals surface area contributed by atoms with E-state index in [-0.39, 0.29) is 6.61 Å². The van der Waals surface area contributed by atoms with Gasteiger partial charge in [0.1, 0.15) is 0 Å². The lowest BCUT2D eigenvalue weighted by Crippen LogP contribution is -2.20. The van der Waals surface area contributed by atoms with E-state index in [1.165, 1.54) is 6.26 Å². The first-order valence-corrected chi connectivity index (χ1v) is 7.04. The normalized spacial score (nSPS) is 11.6. The van der Waals surface area contributed by atoms with Gasteiger partial charge in [0.2, 0.25) is 0 Å². The zero-order valence-electron chi connectivity index (χ0n) is 9.31. The molecule has 0 aliphatic carbocycles. The summed E-state index contributed by atoms with van der Waals surface area (Å²) in [6.07, 6.45) is 2.02. The Morgan fingerprint density at radius 1 is 1.19 bits per heavy atom. The minimum absolute atomic E-state index is 0.132. The lowest BCUT2D eigenvalue weighted by atomic mass is 10.1. The average molecular weight is 243 g/mol. The van der Waals surface area contributed by atoms with E-state index in [1.807, 2.05) is 12.1 Å². The number of sulfone groups is 1. The number of hydrogen-bond acceptors (Lipinski definition) is 4. The third kappa shape index (κ3) is 4.30. The summed E-state index contributed by atoms with van der Waals surface area (Å²) in [5.74, 6) is 0. The van der Waals surface area contributed by atoms with Gasteiger partial charge in [0.15, 0.2) is 9.84 Å². The highest BCUT2D eigenvalue weighted by Gasteiger charge is 2.05. The standard InChI is InChI=1S/C11H17NO3S/c1-16(14,15)11-4-2-10(3-5-11)6-7-12-8-9-13/h2-5,12-13H,6-9H2,1H3. The van der Waals surface area contributed by atoms with Crippen molar-refractivity contribution in [3.8, 4) is 0 Å². The van der Waals surface area contributed by atoms with E-state index in [4.69, 9.17) is 5.11 Å². The van der Waals surface area contributed by atoms with Gasteiger partial charge < -0.3 is 10.4 Å². The summed E-state index contributed by atoms with van der Waals surface area (Å²) in [5.41, 5.74) is 1.08. The van der Waals surface area contributed by atoms with Gasteiger partial charge in [-0.05, 0) is 30.7 Å². The number of nitrogens with one attached hydrogen (secondary N) is 1. The summed E-state index contributed by atoms with van der Waals surface area (Å²) in [6, 6.07) is 6.88. The third-order valence-corrected chi connectivity index (χ3v) is 3.36. The minimum atomic E-state index is -3.10. The number of hydrogen-bond donors (Lipinski definition) is 2. The Kier molecular flexibility index (Phi) is 4.92. The Morgan fingerprint density at radius 3 is 2.31 bits per heavy atom. The lowest BCUT2D eigenvalue weighted by molar-refractivity contribution is 0.293. The second-order valence-corrected chi connectivity index (χ2v) is 5.66. The van der Waals surface area contributed by atoms with Gasteiger partial charge in [-0.3, -0.25) is 0 Å². The van der Waals surface area contributed by atoms with Crippen molar-refractivity contribution < 1.29 is 13.5 Å². The first-order valence-electron chi connectivity index (χ1n) is 5.14. The van der Waals surface area contributed by atoms with E-state index in [1.54, 1.807) is 12.1 Å². The Morgan fingerprint density at radius 2 is 1.81 bits per heavy atom. The van der Waals surface area contributed by atoms with Crippen molar-refractivity contribution in [2.45, 2.75) is 11.3 Å². The summed E-state index contributed by atoms with van der Waals surface area (Å²) in [5, 5.41) is 11.6. The molecular formula is C11H17NO3S. The molecule has 1 rings (SSSR count). The fraction of sp³-hybridized carbons (Fsp3) is 0.455. The molecule has 0 unspecified atom stereocenters. The SMILES string of the molecule is CS(=O)(=O)c1ccc(CCNCCO)cc1.